The minimum Gasteiger partial charge on any atom is -0.457 e. The van der Waals surface area contributed by atoms with Crippen LogP contribution in [0.15, 0.2) is 79.3 Å². The highest BCUT2D eigenvalue weighted by molar-refractivity contribution is 5.99. The van der Waals surface area contributed by atoms with Gasteiger partial charge in [-0.25, -0.2) is 18.3 Å². The van der Waals surface area contributed by atoms with Crippen molar-refractivity contribution < 1.29 is 18.3 Å². The lowest BCUT2D eigenvalue weighted by Gasteiger charge is -2.12. The largest absolute Gasteiger partial charge is 0.457 e. The van der Waals surface area contributed by atoms with Crippen molar-refractivity contribution in [3.8, 4) is 28.4 Å². The van der Waals surface area contributed by atoms with Gasteiger partial charge in [0.15, 0.2) is 0 Å². The number of amides is 2. The summed E-state index contributed by atoms with van der Waals surface area (Å²) in [5, 5.41) is 16.3. The van der Waals surface area contributed by atoms with Crippen molar-refractivity contribution in [2.45, 2.75) is 19.8 Å². The number of halogens is 2. The van der Waals surface area contributed by atoms with E-state index >= 15 is 0 Å². The van der Waals surface area contributed by atoms with Gasteiger partial charge in [-0.2, -0.15) is 10.2 Å². The standard InChI is InChI=1S/C27H23F2N7O2/c1-16(2)24-13-26(36(35-24)19-5-3-18(28)4-6-19)34-27(37)33-23-8-7-20(11-22(23)29)38-21-9-10-30-25(12-21)17-14-31-32-15-17/h3-16H,1-2H3,(H,31,32)(H2,33,34,37). The molecule has 0 bridgehead atoms. The number of nitrogens with one attached hydrogen (secondary N) is 3. The van der Waals surface area contributed by atoms with Crippen LogP contribution in [0.2, 0.25) is 0 Å². The first-order valence-corrected chi connectivity index (χ1v) is 11.7. The van der Waals surface area contributed by atoms with Crippen LogP contribution in [0.3, 0.4) is 0 Å². The molecule has 0 aliphatic carbocycles. The maximum Gasteiger partial charge on any atom is 0.324 e. The third-order valence-corrected chi connectivity index (χ3v) is 5.58. The highest BCUT2D eigenvalue weighted by Crippen LogP contribution is 2.28. The van der Waals surface area contributed by atoms with Gasteiger partial charge < -0.3 is 10.1 Å². The van der Waals surface area contributed by atoms with Crippen LogP contribution in [-0.2, 0) is 0 Å². The van der Waals surface area contributed by atoms with Crippen LogP contribution in [0.5, 0.6) is 11.5 Å². The van der Waals surface area contributed by atoms with Crippen LogP contribution >= 0.6 is 0 Å². The fourth-order valence-electron chi connectivity index (χ4n) is 3.64. The highest BCUT2D eigenvalue weighted by atomic mass is 19.1. The first-order chi connectivity index (χ1) is 18.4. The second-order valence-electron chi connectivity index (χ2n) is 8.68. The Balaban J connectivity index is 1.29. The third kappa shape index (κ3) is 5.51. The molecule has 38 heavy (non-hydrogen) atoms. The Morgan fingerprint density at radius 2 is 1.79 bits per heavy atom. The monoisotopic (exact) mass is 515 g/mol. The van der Waals surface area contributed by atoms with Crippen molar-refractivity contribution >= 4 is 17.5 Å². The minimum atomic E-state index is -0.684. The fourth-order valence-corrected chi connectivity index (χ4v) is 3.64. The number of hydrogen-bond acceptors (Lipinski definition) is 5. The Morgan fingerprint density at radius 1 is 1.00 bits per heavy atom. The summed E-state index contributed by atoms with van der Waals surface area (Å²) in [5.74, 6) is 0.0720. The number of urea groups is 1. The summed E-state index contributed by atoms with van der Waals surface area (Å²) in [5.41, 5.74) is 2.68. The maximum atomic E-state index is 14.8. The van der Waals surface area contributed by atoms with Gasteiger partial charge in [-0.05, 0) is 48.4 Å². The van der Waals surface area contributed by atoms with E-state index in [-0.39, 0.29) is 23.2 Å². The number of aromatic amines is 1. The van der Waals surface area contributed by atoms with E-state index in [0.717, 1.165) is 11.3 Å². The molecule has 5 rings (SSSR count). The minimum absolute atomic E-state index is 0.0411. The molecule has 0 fully saturated rings. The van der Waals surface area contributed by atoms with Crippen molar-refractivity contribution in [1.29, 1.82) is 0 Å². The van der Waals surface area contributed by atoms with E-state index in [1.807, 2.05) is 13.8 Å². The molecule has 0 spiro atoms. The predicted octanol–water partition coefficient (Wildman–Crippen LogP) is 6.50. The third-order valence-electron chi connectivity index (χ3n) is 5.58. The van der Waals surface area contributed by atoms with Gasteiger partial charge in [-0.3, -0.25) is 15.4 Å². The van der Waals surface area contributed by atoms with Crippen LogP contribution in [0, 0.1) is 11.6 Å². The number of aromatic nitrogens is 5. The van der Waals surface area contributed by atoms with Crippen molar-refractivity contribution in [2.75, 3.05) is 10.6 Å². The molecule has 192 valence electrons. The quantitative estimate of drug-likeness (QED) is 0.229. The Hall–Kier alpha value is -5.06. The lowest BCUT2D eigenvalue weighted by molar-refractivity contribution is 0.262. The van der Waals surface area contributed by atoms with Crippen LogP contribution < -0.4 is 15.4 Å². The zero-order chi connectivity index (χ0) is 26.6. The van der Waals surface area contributed by atoms with Crippen LogP contribution in [0.1, 0.15) is 25.5 Å². The molecule has 3 heterocycles. The topological polar surface area (TPSA) is 110 Å². The van der Waals surface area contributed by atoms with E-state index in [4.69, 9.17) is 4.74 Å². The molecule has 0 aliphatic rings. The van der Waals surface area contributed by atoms with Crippen molar-refractivity contribution in [3.63, 3.8) is 0 Å². The normalized spacial score (nSPS) is 11.0. The zero-order valence-corrected chi connectivity index (χ0v) is 20.4. The molecule has 0 saturated carbocycles. The number of benzene rings is 2. The summed E-state index contributed by atoms with van der Waals surface area (Å²) < 4.78 is 35.5. The zero-order valence-electron chi connectivity index (χ0n) is 20.4. The molecular formula is C27H23F2N7O2. The Bertz CT molecular complexity index is 1570. The maximum absolute atomic E-state index is 14.8. The van der Waals surface area contributed by atoms with Crippen LogP contribution in [0.25, 0.3) is 16.9 Å². The fraction of sp³-hybridized carbons (Fsp3) is 0.111. The summed E-state index contributed by atoms with van der Waals surface area (Å²) in [6.07, 6.45) is 4.91. The smallest absolute Gasteiger partial charge is 0.324 e. The molecule has 2 amide bonds. The Labute approximate surface area is 216 Å². The van der Waals surface area contributed by atoms with Gasteiger partial charge in [-0.15, -0.1) is 0 Å². The summed E-state index contributed by atoms with van der Waals surface area (Å²) in [7, 11) is 0. The van der Waals surface area contributed by atoms with Crippen molar-refractivity contribution in [1.82, 2.24) is 25.0 Å². The van der Waals surface area contributed by atoms with Gasteiger partial charge in [0, 0.05) is 36.2 Å². The average Bonchev–Trinajstić information content (AvgIpc) is 3.57. The van der Waals surface area contributed by atoms with E-state index in [1.165, 1.54) is 35.0 Å². The highest BCUT2D eigenvalue weighted by Gasteiger charge is 2.16. The summed E-state index contributed by atoms with van der Waals surface area (Å²) >= 11 is 0. The Kier molecular flexibility index (Phi) is 6.81. The van der Waals surface area contributed by atoms with Gasteiger partial charge >= 0.3 is 6.03 Å². The number of carbonyl (C=O) groups is 1. The second kappa shape index (κ2) is 10.5. The molecule has 5 aromatic rings. The summed E-state index contributed by atoms with van der Waals surface area (Å²) in [6.45, 7) is 3.93. The number of rotatable bonds is 7. The van der Waals surface area contributed by atoms with E-state index < -0.39 is 11.8 Å². The average molecular weight is 516 g/mol. The van der Waals surface area contributed by atoms with Gasteiger partial charge in [0.25, 0.3) is 0 Å². The number of nitrogens with zero attached hydrogens (tertiary/aromatic N) is 4. The lowest BCUT2D eigenvalue weighted by atomic mass is 10.1. The van der Waals surface area contributed by atoms with E-state index in [9.17, 15) is 13.6 Å². The number of H-pyrrole nitrogens is 1. The molecule has 0 saturated heterocycles. The lowest BCUT2D eigenvalue weighted by Crippen LogP contribution is -2.22. The SMILES string of the molecule is CC(C)c1cc(NC(=O)Nc2ccc(Oc3ccnc(-c4cn[nH]c4)c3)cc2F)n(-c2ccc(F)cc2)n1. The molecule has 11 heteroatoms. The number of carbonyl (C=O) groups excluding carboxylic acids is 1. The molecule has 3 aromatic heterocycles. The van der Waals surface area contributed by atoms with E-state index in [0.29, 0.717) is 22.9 Å². The molecule has 9 nitrogen and oxygen atoms in total. The van der Waals surface area contributed by atoms with Gasteiger partial charge in [0.1, 0.15) is 29.0 Å². The second-order valence-corrected chi connectivity index (χ2v) is 8.68. The number of pyridine rings is 1. The van der Waals surface area contributed by atoms with Crippen molar-refractivity contribution in [2.24, 2.45) is 0 Å². The van der Waals surface area contributed by atoms with Gasteiger partial charge in [-0.1, -0.05) is 13.8 Å². The number of hydrogen-bond donors (Lipinski definition) is 3. The van der Waals surface area contributed by atoms with Crippen LogP contribution in [-0.4, -0.2) is 31.0 Å². The van der Waals surface area contributed by atoms with Gasteiger partial charge in [0.2, 0.25) is 0 Å². The molecule has 2 aromatic carbocycles. The van der Waals surface area contributed by atoms with Gasteiger partial charge in [0.05, 0.1) is 29.0 Å². The van der Waals surface area contributed by atoms with Crippen molar-refractivity contribution in [3.05, 3.63) is 96.6 Å². The molecule has 3 N–H and O–H groups in total. The molecule has 0 aliphatic heterocycles. The van der Waals surface area contributed by atoms with E-state index in [1.54, 1.807) is 48.9 Å². The predicted molar refractivity (Wildman–Crippen MR) is 139 cm³/mol. The number of anilines is 2. The molecule has 0 radical (unpaired) electrons. The molecular weight excluding hydrogens is 492 g/mol. The summed E-state index contributed by atoms with van der Waals surface area (Å²) in [6, 6.07) is 14.2. The Morgan fingerprint density at radius 3 is 2.50 bits per heavy atom. The first-order valence-electron chi connectivity index (χ1n) is 11.7. The summed E-state index contributed by atoms with van der Waals surface area (Å²) in [4.78, 5) is 17.0. The first kappa shape index (κ1) is 24.6. The molecule has 0 unspecified atom stereocenters. The number of ether oxygens (including phenoxy) is 1. The van der Waals surface area contributed by atoms with E-state index in [2.05, 4.69) is 30.9 Å². The molecule has 0 atom stereocenters. The van der Waals surface area contributed by atoms with Crippen LogP contribution in [0.4, 0.5) is 25.1 Å².